The number of benzene rings is 1. The summed E-state index contributed by atoms with van der Waals surface area (Å²) in [7, 11) is 0. The van der Waals surface area contributed by atoms with Crippen LogP contribution in [0.1, 0.15) is 49.4 Å². The number of amides is 1. The minimum absolute atomic E-state index is 0.292. The maximum Gasteiger partial charge on any atom is 0.341 e. The van der Waals surface area contributed by atoms with E-state index in [0.717, 1.165) is 18.4 Å². The van der Waals surface area contributed by atoms with Gasteiger partial charge >= 0.3 is 11.9 Å². The molecule has 1 fully saturated rings. The first-order valence-corrected chi connectivity index (χ1v) is 10.8. The van der Waals surface area contributed by atoms with Gasteiger partial charge in [0.2, 0.25) is 5.91 Å². The monoisotopic (exact) mass is 415 g/mol. The number of hydrogen-bond acceptors (Lipinski definition) is 5. The first-order chi connectivity index (χ1) is 14.0. The molecule has 1 aliphatic rings. The summed E-state index contributed by atoms with van der Waals surface area (Å²) in [6, 6.07) is 9.44. The van der Waals surface area contributed by atoms with Crippen molar-refractivity contribution in [1.29, 1.82) is 0 Å². The third-order valence-electron chi connectivity index (χ3n) is 5.17. The molecule has 0 saturated heterocycles. The molecule has 2 atom stereocenters. The van der Waals surface area contributed by atoms with E-state index in [-0.39, 0.29) is 5.91 Å². The molecule has 29 heavy (non-hydrogen) atoms. The Morgan fingerprint density at radius 2 is 1.83 bits per heavy atom. The predicted octanol–water partition coefficient (Wildman–Crippen LogP) is 4.81. The molecule has 0 bridgehead atoms. The van der Waals surface area contributed by atoms with Crippen LogP contribution in [0.25, 0.3) is 11.1 Å². The van der Waals surface area contributed by atoms with Crippen LogP contribution in [0.15, 0.2) is 35.7 Å². The van der Waals surface area contributed by atoms with Crippen LogP contribution in [-0.4, -0.2) is 29.6 Å². The van der Waals surface area contributed by atoms with Crippen molar-refractivity contribution in [2.24, 2.45) is 11.8 Å². The lowest BCUT2D eigenvalue weighted by atomic mass is 9.79. The second kappa shape index (κ2) is 9.69. The average Bonchev–Trinajstić information content (AvgIpc) is 3.16. The van der Waals surface area contributed by atoms with E-state index in [4.69, 9.17) is 4.74 Å². The zero-order chi connectivity index (χ0) is 20.8. The van der Waals surface area contributed by atoms with Gasteiger partial charge in [-0.3, -0.25) is 9.59 Å². The minimum atomic E-state index is -0.941. The van der Waals surface area contributed by atoms with Gasteiger partial charge in [0.05, 0.1) is 18.4 Å². The molecule has 1 heterocycles. The van der Waals surface area contributed by atoms with Gasteiger partial charge in [-0.2, -0.15) is 0 Å². The fourth-order valence-corrected chi connectivity index (χ4v) is 4.65. The zero-order valence-electron chi connectivity index (χ0n) is 16.3. The molecule has 154 valence electrons. The third kappa shape index (κ3) is 4.85. The summed E-state index contributed by atoms with van der Waals surface area (Å²) in [4.78, 5) is 37.2. The minimum Gasteiger partial charge on any atom is -0.481 e. The molecule has 0 unspecified atom stereocenters. The van der Waals surface area contributed by atoms with E-state index < -0.39 is 23.8 Å². The normalized spacial score (nSPS) is 18.8. The van der Waals surface area contributed by atoms with Crippen LogP contribution < -0.4 is 5.32 Å². The van der Waals surface area contributed by atoms with Crippen LogP contribution in [-0.2, 0) is 14.3 Å². The molecule has 2 aromatic rings. The molecule has 0 spiro atoms. The van der Waals surface area contributed by atoms with Crippen molar-refractivity contribution >= 4 is 34.2 Å². The Hall–Kier alpha value is -2.67. The van der Waals surface area contributed by atoms with E-state index in [2.05, 4.69) is 5.32 Å². The summed E-state index contributed by atoms with van der Waals surface area (Å²) in [5.74, 6) is -3.05. The second-order valence-electron chi connectivity index (χ2n) is 7.18. The van der Waals surface area contributed by atoms with Gasteiger partial charge in [0.15, 0.2) is 0 Å². The number of carbonyl (C=O) groups excluding carboxylic acids is 2. The van der Waals surface area contributed by atoms with Crippen molar-refractivity contribution in [2.75, 3.05) is 11.9 Å². The lowest BCUT2D eigenvalue weighted by Crippen LogP contribution is -2.36. The van der Waals surface area contributed by atoms with Crippen LogP contribution in [0.4, 0.5) is 5.00 Å². The van der Waals surface area contributed by atoms with Gasteiger partial charge in [-0.15, -0.1) is 11.3 Å². The number of ether oxygens (including phenoxy) is 1. The van der Waals surface area contributed by atoms with Gasteiger partial charge in [0.25, 0.3) is 0 Å². The van der Waals surface area contributed by atoms with Gasteiger partial charge in [0.1, 0.15) is 10.6 Å². The number of anilines is 1. The Bertz CT molecular complexity index is 877. The van der Waals surface area contributed by atoms with Gasteiger partial charge < -0.3 is 15.2 Å². The van der Waals surface area contributed by atoms with Gasteiger partial charge in [0, 0.05) is 10.9 Å². The average molecular weight is 416 g/mol. The van der Waals surface area contributed by atoms with E-state index in [1.807, 2.05) is 42.6 Å². The van der Waals surface area contributed by atoms with Crippen molar-refractivity contribution < 1.29 is 24.2 Å². The Morgan fingerprint density at radius 1 is 1.14 bits per heavy atom. The molecule has 1 saturated carbocycles. The van der Waals surface area contributed by atoms with Crippen molar-refractivity contribution in [3.8, 4) is 11.1 Å². The molecule has 2 N–H and O–H groups in total. The standard InChI is InChI=1S/C22H25NO5S/c1-2-12-28-22(27)18-17(14-8-4-3-5-9-14)13-29-20(18)23-19(24)15-10-6-7-11-16(15)21(25)26/h3-5,8-9,13,15-16H,2,6-7,10-12H2,1H3,(H,23,24)(H,25,26)/t15-,16+/m0/s1. The smallest absolute Gasteiger partial charge is 0.341 e. The SMILES string of the molecule is CCCOC(=O)c1c(-c2ccccc2)csc1NC(=O)[C@H]1CCCC[C@H]1C(=O)O. The molecule has 7 heteroatoms. The van der Waals surface area contributed by atoms with Gasteiger partial charge in [-0.25, -0.2) is 4.79 Å². The first-order valence-electron chi connectivity index (χ1n) is 9.90. The van der Waals surface area contributed by atoms with Crippen LogP contribution in [0.5, 0.6) is 0 Å². The van der Waals surface area contributed by atoms with Crippen LogP contribution in [0.3, 0.4) is 0 Å². The largest absolute Gasteiger partial charge is 0.481 e. The Morgan fingerprint density at radius 3 is 2.48 bits per heavy atom. The highest BCUT2D eigenvalue weighted by Crippen LogP contribution is 2.38. The maximum atomic E-state index is 12.9. The lowest BCUT2D eigenvalue weighted by Gasteiger charge is -2.27. The molecular formula is C22H25NO5S. The highest BCUT2D eigenvalue weighted by molar-refractivity contribution is 7.15. The Labute approximate surface area is 173 Å². The van der Waals surface area contributed by atoms with E-state index >= 15 is 0 Å². The Balaban J connectivity index is 1.90. The van der Waals surface area contributed by atoms with E-state index in [0.29, 0.717) is 42.0 Å². The number of carbonyl (C=O) groups is 3. The molecule has 0 radical (unpaired) electrons. The Kier molecular flexibility index (Phi) is 7.04. The quantitative estimate of drug-likeness (QED) is 0.633. The summed E-state index contributed by atoms with van der Waals surface area (Å²) in [6.45, 7) is 2.21. The lowest BCUT2D eigenvalue weighted by molar-refractivity contribution is -0.147. The van der Waals surface area contributed by atoms with Gasteiger partial charge in [-0.05, 0) is 24.8 Å². The molecule has 1 aromatic carbocycles. The van der Waals surface area contributed by atoms with Crippen LogP contribution >= 0.6 is 11.3 Å². The summed E-state index contributed by atoms with van der Waals surface area (Å²) in [6.07, 6.45) is 3.37. The van der Waals surface area contributed by atoms with E-state index in [1.165, 1.54) is 11.3 Å². The number of rotatable bonds is 7. The number of carboxylic acids is 1. The summed E-state index contributed by atoms with van der Waals surface area (Å²) < 4.78 is 5.35. The van der Waals surface area contributed by atoms with Crippen molar-refractivity contribution in [1.82, 2.24) is 0 Å². The van der Waals surface area contributed by atoms with Crippen molar-refractivity contribution in [3.05, 3.63) is 41.3 Å². The number of thiophene rings is 1. The summed E-state index contributed by atoms with van der Waals surface area (Å²) in [5, 5.41) is 14.5. The number of nitrogens with one attached hydrogen (secondary N) is 1. The maximum absolute atomic E-state index is 12.9. The topological polar surface area (TPSA) is 92.7 Å². The number of hydrogen-bond donors (Lipinski definition) is 2. The third-order valence-corrected chi connectivity index (χ3v) is 6.07. The van der Waals surface area contributed by atoms with E-state index in [9.17, 15) is 19.5 Å². The molecule has 1 aromatic heterocycles. The number of carboxylic acid groups (broad SMARTS) is 1. The van der Waals surface area contributed by atoms with Crippen molar-refractivity contribution in [2.45, 2.75) is 39.0 Å². The molecule has 0 aliphatic heterocycles. The molecule has 1 aliphatic carbocycles. The fraction of sp³-hybridized carbons (Fsp3) is 0.409. The molecule has 1 amide bonds. The second-order valence-corrected chi connectivity index (χ2v) is 8.06. The molecule has 3 rings (SSSR count). The molecular weight excluding hydrogens is 390 g/mol. The van der Waals surface area contributed by atoms with Crippen LogP contribution in [0.2, 0.25) is 0 Å². The highest BCUT2D eigenvalue weighted by Gasteiger charge is 2.36. The van der Waals surface area contributed by atoms with Crippen LogP contribution in [0, 0.1) is 11.8 Å². The first kappa shape index (κ1) is 21.0. The summed E-state index contributed by atoms with van der Waals surface area (Å²) >= 11 is 1.25. The van der Waals surface area contributed by atoms with Gasteiger partial charge in [-0.1, -0.05) is 50.1 Å². The predicted molar refractivity (Wildman–Crippen MR) is 112 cm³/mol. The van der Waals surface area contributed by atoms with E-state index in [1.54, 1.807) is 0 Å². The fourth-order valence-electron chi connectivity index (χ4n) is 3.69. The molecule has 6 nitrogen and oxygen atoms in total. The number of esters is 1. The summed E-state index contributed by atoms with van der Waals surface area (Å²) in [5.41, 5.74) is 1.88. The van der Waals surface area contributed by atoms with Crippen molar-refractivity contribution in [3.63, 3.8) is 0 Å². The number of aliphatic carboxylic acids is 1. The zero-order valence-corrected chi connectivity index (χ0v) is 17.2. The highest BCUT2D eigenvalue weighted by atomic mass is 32.1.